The minimum Gasteiger partial charge on any atom is -0.304 e. The second kappa shape index (κ2) is 7.59. The molecule has 0 saturated carbocycles. The summed E-state index contributed by atoms with van der Waals surface area (Å²) in [5.41, 5.74) is 0. The van der Waals surface area contributed by atoms with Crippen molar-refractivity contribution in [1.82, 2.24) is 14.8 Å². The van der Waals surface area contributed by atoms with E-state index >= 15 is 0 Å². The van der Waals surface area contributed by atoms with Crippen molar-refractivity contribution in [2.24, 2.45) is 12.2 Å². The minimum atomic E-state index is -3.77. The number of primary sulfonamides is 1. The summed E-state index contributed by atoms with van der Waals surface area (Å²) in [6.45, 7) is 2.21. The molecule has 0 amide bonds. The smallest absolute Gasteiger partial charge is 0.273 e. The molecule has 0 aliphatic carbocycles. The Morgan fingerprint density at radius 2 is 1.63 bits per heavy atom. The molecule has 0 bridgehead atoms. The lowest BCUT2D eigenvalue weighted by atomic mass is 10.1. The number of unbranched alkanes of at least 4 members (excludes halogenated alkanes) is 6. The Hall–Kier alpha value is -0.950. The normalized spacial score (nSPS) is 11.9. The third kappa shape index (κ3) is 5.28. The van der Waals surface area contributed by atoms with Gasteiger partial charge < -0.3 is 4.57 Å². The van der Waals surface area contributed by atoms with Gasteiger partial charge in [0.1, 0.15) is 5.82 Å². The van der Waals surface area contributed by atoms with Crippen LogP contribution in [0.2, 0.25) is 0 Å². The van der Waals surface area contributed by atoms with E-state index in [9.17, 15) is 8.42 Å². The molecule has 0 aromatic carbocycles. The molecule has 2 N–H and O–H groups in total. The van der Waals surface area contributed by atoms with Crippen LogP contribution in [-0.2, 0) is 23.5 Å². The van der Waals surface area contributed by atoms with Gasteiger partial charge >= 0.3 is 0 Å². The minimum absolute atomic E-state index is 0.162. The van der Waals surface area contributed by atoms with E-state index in [4.69, 9.17) is 5.14 Å². The highest BCUT2D eigenvalue weighted by Crippen LogP contribution is 2.11. The summed E-state index contributed by atoms with van der Waals surface area (Å²) < 4.78 is 23.9. The SMILES string of the molecule is CCCCCCCCCc1nnc(S(N)(=O)=O)n1C. The Morgan fingerprint density at radius 1 is 1.05 bits per heavy atom. The average molecular weight is 288 g/mol. The van der Waals surface area contributed by atoms with Crippen molar-refractivity contribution in [3.63, 3.8) is 0 Å². The Balaban J connectivity index is 2.33. The molecule has 0 radical (unpaired) electrons. The molecule has 1 aromatic rings. The van der Waals surface area contributed by atoms with Gasteiger partial charge in [0.25, 0.3) is 15.2 Å². The van der Waals surface area contributed by atoms with E-state index in [1.54, 1.807) is 7.05 Å². The molecule has 0 unspecified atom stereocenters. The molecule has 7 heteroatoms. The van der Waals surface area contributed by atoms with Crippen LogP contribution in [0.4, 0.5) is 0 Å². The monoisotopic (exact) mass is 288 g/mol. The molecule has 110 valence electrons. The van der Waals surface area contributed by atoms with Gasteiger partial charge in [0.2, 0.25) is 0 Å². The highest BCUT2D eigenvalue weighted by Gasteiger charge is 2.17. The van der Waals surface area contributed by atoms with Crippen LogP contribution in [-0.4, -0.2) is 23.2 Å². The molecule has 0 aliphatic heterocycles. The van der Waals surface area contributed by atoms with E-state index in [0.29, 0.717) is 5.82 Å². The molecule has 0 atom stereocenters. The van der Waals surface area contributed by atoms with Crippen LogP contribution in [0.3, 0.4) is 0 Å². The molecule has 1 aromatic heterocycles. The maximum Gasteiger partial charge on any atom is 0.273 e. The van der Waals surface area contributed by atoms with Gasteiger partial charge in [-0.1, -0.05) is 45.4 Å². The number of hydrogen-bond donors (Lipinski definition) is 1. The maximum atomic E-state index is 11.2. The lowest BCUT2D eigenvalue weighted by Crippen LogP contribution is -2.17. The number of rotatable bonds is 9. The van der Waals surface area contributed by atoms with Gasteiger partial charge in [0.15, 0.2) is 0 Å². The van der Waals surface area contributed by atoms with Crippen molar-refractivity contribution in [3.05, 3.63) is 5.82 Å². The van der Waals surface area contributed by atoms with Gasteiger partial charge in [-0.3, -0.25) is 0 Å². The van der Waals surface area contributed by atoms with Crippen molar-refractivity contribution in [3.8, 4) is 0 Å². The molecule has 0 saturated heterocycles. The van der Waals surface area contributed by atoms with E-state index < -0.39 is 10.0 Å². The van der Waals surface area contributed by atoms with Crippen LogP contribution < -0.4 is 5.14 Å². The first-order valence-electron chi connectivity index (χ1n) is 6.88. The van der Waals surface area contributed by atoms with Crippen LogP contribution in [0.1, 0.15) is 57.7 Å². The summed E-state index contributed by atoms with van der Waals surface area (Å²) in [5, 5.41) is 12.4. The van der Waals surface area contributed by atoms with Gasteiger partial charge in [0.05, 0.1) is 0 Å². The fraction of sp³-hybridized carbons (Fsp3) is 0.833. The van der Waals surface area contributed by atoms with Crippen LogP contribution in [0.15, 0.2) is 5.16 Å². The number of aryl methyl sites for hydroxylation is 1. The summed E-state index contributed by atoms with van der Waals surface area (Å²) in [6.07, 6.45) is 9.25. The van der Waals surface area contributed by atoms with Gasteiger partial charge in [-0.25, -0.2) is 13.6 Å². The molecular formula is C12H24N4O2S. The van der Waals surface area contributed by atoms with Gasteiger partial charge in [-0.15, -0.1) is 10.2 Å². The third-order valence-electron chi connectivity index (χ3n) is 3.18. The van der Waals surface area contributed by atoms with Crippen molar-refractivity contribution in [2.75, 3.05) is 0 Å². The Kier molecular flexibility index (Phi) is 6.44. The zero-order valence-corrected chi connectivity index (χ0v) is 12.6. The summed E-state index contributed by atoms with van der Waals surface area (Å²) in [4.78, 5) is 0. The Morgan fingerprint density at radius 3 is 2.16 bits per heavy atom. The molecule has 19 heavy (non-hydrogen) atoms. The first-order chi connectivity index (χ1) is 8.96. The van der Waals surface area contributed by atoms with Gasteiger partial charge in [0, 0.05) is 13.5 Å². The number of aromatic nitrogens is 3. The van der Waals surface area contributed by atoms with Crippen molar-refractivity contribution in [2.45, 2.75) is 63.4 Å². The van der Waals surface area contributed by atoms with Gasteiger partial charge in [-0.2, -0.15) is 0 Å². The fourth-order valence-corrected chi connectivity index (χ4v) is 2.69. The summed E-state index contributed by atoms with van der Waals surface area (Å²) in [7, 11) is -2.13. The molecule has 0 spiro atoms. The maximum absolute atomic E-state index is 11.2. The zero-order valence-electron chi connectivity index (χ0n) is 11.8. The van der Waals surface area contributed by atoms with E-state index in [-0.39, 0.29) is 5.16 Å². The lowest BCUT2D eigenvalue weighted by Gasteiger charge is -2.03. The Labute approximate surface area is 115 Å². The zero-order chi connectivity index (χ0) is 14.3. The summed E-state index contributed by atoms with van der Waals surface area (Å²) >= 11 is 0. The summed E-state index contributed by atoms with van der Waals surface area (Å²) in [5.74, 6) is 0.678. The van der Waals surface area contributed by atoms with Crippen LogP contribution in [0.5, 0.6) is 0 Å². The highest BCUT2D eigenvalue weighted by atomic mass is 32.2. The molecule has 0 aliphatic rings. The second-order valence-corrected chi connectivity index (χ2v) is 6.33. The topological polar surface area (TPSA) is 90.9 Å². The van der Waals surface area contributed by atoms with Crippen molar-refractivity contribution < 1.29 is 8.42 Å². The molecular weight excluding hydrogens is 264 g/mol. The number of sulfonamides is 1. The lowest BCUT2D eigenvalue weighted by molar-refractivity contribution is 0.568. The van der Waals surface area contributed by atoms with Crippen LogP contribution in [0.25, 0.3) is 0 Å². The molecule has 6 nitrogen and oxygen atoms in total. The van der Waals surface area contributed by atoms with Crippen LogP contribution in [0, 0.1) is 0 Å². The van der Waals surface area contributed by atoms with Crippen LogP contribution >= 0.6 is 0 Å². The van der Waals surface area contributed by atoms with E-state index in [1.807, 2.05) is 0 Å². The molecule has 0 fully saturated rings. The van der Waals surface area contributed by atoms with E-state index in [2.05, 4.69) is 17.1 Å². The number of nitrogens with zero attached hydrogens (tertiary/aromatic N) is 3. The van der Waals surface area contributed by atoms with Crippen molar-refractivity contribution in [1.29, 1.82) is 0 Å². The highest BCUT2D eigenvalue weighted by molar-refractivity contribution is 7.89. The average Bonchev–Trinajstić information content (AvgIpc) is 2.69. The van der Waals surface area contributed by atoms with Crippen molar-refractivity contribution >= 4 is 10.0 Å². The Bertz CT molecular complexity index is 482. The number of hydrogen-bond acceptors (Lipinski definition) is 4. The molecule has 1 rings (SSSR count). The fourth-order valence-electron chi connectivity index (χ4n) is 2.05. The summed E-state index contributed by atoms with van der Waals surface area (Å²) in [6, 6.07) is 0. The predicted octanol–water partition coefficient (Wildman–Crippen LogP) is 1.76. The first-order valence-corrected chi connectivity index (χ1v) is 8.42. The quantitative estimate of drug-likeness (QED) is 0.701. The standard InChI is InChI=1S/C12H24N4O2S/c1-3-4-5-6-7-8-9-10-11-14-15-12(16(11)2)19(13,17)18/h3-10H2,1-2H3,(H2,13,17,18). The van der Waals surface area contributed by atoms with E-state index in [0.717, 1.165) is 19.3 Å². The predicted molar refractivity (Wildman–Crippen MR) is 74.1 cm³/mol. The number of nitrogens with two attached hydrogens (primary N) is 1. The third-order valence-corrected chi connectivity index (χ3v) is 4.05. The first kappa shape index (κ1) is 16.1. The molecule has 1 heterocycles. The second-order valence-electron chi connectivity index (χ2n) is 4.87. The van der Waals surface area contributed by atoms with Gasteiger partial charge in [-0.05, 0) is 6.42 Å². The largest absolute Gasteiger partial charge is 0.304 e. The van der Waals surface area contributed by atoms with E-state index in [1.165, 1.54) is 36.7 Å².